The van der Waals surface area contributed by atoms with E-state index in [0.29, 0.717) is 18.7 Å². The number of ether oxygens (including phenoxy) is 1. The molecule has 0 spiro atoms. The highest BCUT2D eigenvalue weighted by atomic mass is 16.5. The van der Waals surface area contributed by atoms with Gasteiger partial charge in [-0.05, 0) is 35.6 Å². The molecule has 1 heterocycles. The molecule has 1 aliphatic rings. The topological polar surface area (TPSA) is 64.3 Å². The van der Waals surface area contributed by atoms with Gasteiger partial charge in [0.05, 0.1) is 6.61 Å². The van der Waals surface area contributed by atoms with Crippen molar-refractivity contribution in [3.63, 3.8) is 0 Å². The number of fused-ring (bicyclic) bond motifs is 1. The third-order valence-corrected chi connectivity index (χ3v) is 3.35. The summed E-state index contributed by atoms with van der Waals surface area (Å²) in [6.45, 7) is 7.65. The fourth-order valence-electron chi connectivity index (χ4n) is 2.51. The van der Waals surface area contributed by atoms with Gasteiger partial charge in [-0.15, -0.1) is 0 Å². The van der Waals surface area contributed by atoms with Crippen LogP contribution in [-0.4, -0.2) is 25.1 Å². The van der Waals surface area contributed by atoms with Crippen LogP contribution in [0.15, 0.2) is 18.2 Å². The zero-order valence-corrected chi connectivity index (χ0v) is 12.5. The molecule has 0 aliphatic carbocycles. The Morgan fingerprint density at radius 3 is 2.90 bits per heavy atom. The Kier molecular flexibility index (Phi) is 4.33. The van der Waals surface area contributed by atoms with Crippen LogP contribution in [0.5, 0.6) is 5.75 Å². The fraction of sp³-hybridized carbons (Fsp3) is 0.562. The first-order valence-corrected chi connectivity index (χ1v) is 7.15. The highest BCUT2D eigenvalue weighted by molar-refractivity contribution is 5.94. The first-order chi connectivity index (χ1) is 9.35. The van der Waals surface area contributed by atoms with Crippen LogP contribution in [0.4, 0.5) is 0 Å². The molecule has 0 radical (unpaired) electrons. The fourth-order valence-corrected chi connectivity index (χ4v) is 2.51. The molecule has 1 aliphatic heterocycles. The quantitative estimate of drug-likeness (QED) is 0.885. The molecule has 1 atom stereocenters. The Bertz CT molecular complexity index is 492. The summed E-state index contributed by atoms with van der Waals surface area (Å²) < 4.78 is 5.43. The predicted molar refractivity (Wildman–Crippen MR) is 80.0 cm³/mol. The number of rotatable bonds is 4. The number of carbonyl (C=O) groups is 1. The predicted octanol–water partition coefficient (Wildman–Crippen LogP) is 2.11. The maximum Gasteiger partial charge on any atom is 0.251 e. The van der Waals surface area contributed by atoms with Crippen molar-refractivity contribution in [1.82, 2.24) is 5.32 Å². The molecule has 0 aromatic heterocycles. The molecule has 20 heavy (non-hydrogen) atoms. The van der Waals surface area contributed by atoms with Crippen molar-refractivity contribution in [3.8, 4) is 5.75 Å². The summed E-state index contributed by atoms with van der Waals surface area (Å²) in [5.74, 6) is 0.829. The molecule has 4 nitrogen and oxygen atoms in total. The van der Waals surface area contributed by atoms with Gasteiger partial charge in [-0.25, -0.2) is 0 Å². The largest absolute Gasteiger partial charge is 0.493 e. The van der Waals surface area contributed by atoms with Crippen LogP contribution in [0.25, 0.3) is 0 Å². The van der Waals surface area contributed by atoms with Gasteiger partial charge in [-0.1, -0.05) is 20.8 Å². The smallest absolute Gasteiger partial charge is 0.251 e. The van der Waals surface area contributed by atoms with Gasteiger partial charge in [-0.3, -0.25) is 4.79 Å². The van der Waals surface area contributed by atoms with Crippen LogP contribution in [-0.2, 0) is 6.42 Å². The average molecular weight is 276 g/mol. The number of hydrogen-bond donors (Lipinski definition) is 2. The first kappa shape index (κ1) is 14.9. The third kappa shape index (κ3) is 3.97. The maximum absolute atomic E-state index is 12.1. The second-order valence-corrected chi connectivity index (χ2v) is 6.66. The van der Waals surface area contributed by atoms with E-state index in [9.17, 15) is 4.79 Å². The number of benzene rings is 1. The van der Waals surface area contributed by atoms with Crippen LogP contribution in [0, 0.1) is 5.41 Å². The molecule has 0 saturated carbocycles. The second kappa shape index (κ2) is 5.83. The van der Waals surface area contributed by atoms with E-state index in [2.05, 4.69) is 26.1 Å². The second-order valence-electron chi connectivity index (χ2n) is 6.66. The minimum absolute atomic E-state index is 0.0169. The SMILES string of the molecule is CC(C)(C)CC(N)CNC(=O)c1ccc2c(c1)CCO2. The van der Waals surface area contributed by atoms with Gasteiger partial charge in [0, 0.05) is 24.6 Å². The first-order valence-electron chi connectivity index (χ1n) is 7.15. The lowest BCUT2D eigenvalue weighted by Crippen LogP contribution is -2.39. The van der Waals surface area contributed by atoms with E-state index in [1.807, 2.05) is 12.1 Å². The Labute approximate surface area is 120 Å². The Morgan fingerprint density at radius 1 is 1.45 bits per heavy atom. The van der Waals surface area contributed by atoms with Crippen molar-refractivity contribution in [2.45, 2.75) is 39.7 Å². The van der Waals surface area contributed by atoms with Gasteiger partial charge in [0.2, 0.25) is 0 Å². The molecule has 1 aromatic rings. The summed E-state index contributed by atoms with van der Waals surface area (Å²) in [5, 5.41) is 2.91. The van der Waals surface area contributed by atoms with E-state index in [1.54, 1.807) is 6.07 Å². The van der Waals surface area contributed by atoms with E-state index in [4.69, 9.17) is 10.5 Å². The number of amides is 1. The van der Waals surface area contributed by atoms with Crippen molar-refractivity contribution in [1.29, 1.82) is 0 Å². The lowest BCUT2D eigenvalue weighted by atomic mass is 9.88. The van der Waals surface area contributed by atoms with Gasteiger partial charge in [0.1, 0.15) is 5.75 Å². The van der Waals surface area contributed by atoms with Gasteiger partial charge >= 0.3 is 0 Å². The van der Waals surface area contributed by atoms with Gasteiger partial charge < -0.3 is 15.8 Å². The monoisotopic (exact) mass is 276 g/mol. The van der Waals surface area contributed by atoms with Crippen molar-refractivity contribution in [2.24, 2.45) is 11.1 Å². The zero-order chi connectivity index (χ0) is 14.8. The van der Waals surface area contributed by atoms with Crippen molar-refractivity contribution < 1.29 is 9.53 Å². The summed E-state index contributed by atoms with van der Waals surface area (Å²) in [6, 6.07) is 5.56. The van der Waals surface area contributed by atoms with Crippen LogP contribution in [0.3, 0.4) is 0 Å². The van der Waals surface area contributed by atoms with E-state index < -0.39 is 0 Å². The molecule has 3 N–H and O–H groups in total. The summed E-state index contributed by atoms with van der Waals surface area (Å²) in [5.41, 5.74) is 8.00. The van der Waals surface area contributed by atoms with Crippen LogP contribution in [0.2, 0.25) is 0 Å². The van der Waals surface area contributed by atoms with Gasteiger partial charge in [0.15, 0.2) is 0 Å². The normalized spacial score (nSPS) is 15.4. The number of hydrogen-bond acceptors (Lipinski definition) is 3. The lowest BCUT2D eigenvalue weighted by molar-refractivity contribution is 0.0948. The van der Waals surface area contributed by atoms with Crippen LogP contribution < -0.4 is 15.8 Å². The minimum Gasteiger partial charge on any atom is -0.493 e. The molecule has 110 valence electrons. The summed E-state index contributed by atoms with van der Waals surface area (Å²) in [7, 11) is 0. The molecule has 0 fully saturated rings. The maximum atomic E-state index is 12.1. The molecule has 2 rings (SSSR count). The van der Waals surface area contributed by atoms with E-state index in [0.717, 1.165) is 24.2 Å². The highest BCUT2D eigenvalue weighted by Crippen LogP contribution is 2.25. The summed E-state index contributed by atoms with van der Waals surface area (Å²) in [4.78, 5) is 12.1. The number of nitrogens with two attached hydrogens (primary N) is 1. The van der Waals surface area contributed by atoms with Gasteiger partial charge in [0.25, 0.3) is 5.91 Å². The Hall–Kier alpha value is -1.55. The third-order valence-electron chi connectivity index (χ3n) is 3.35. The molecular weight excluding hydrogens is 252 g/mol. The van der Waals surface area contributed by atoms with Crippen molar-refractivity contribution in [3.05, 3.63) is 29.3 Å². The Morgan fingerprint density at radius 2 is 2.20 bits per heavy atom. The Balaban J connectivity index is 1.89. The molecule has 1 amide bonds. The number of carbonyl (C=O) groups excluding carboxylic acids is 1. The molecule has 1 unspecified atom stereocenters. The molecule has 1 aromatic carbocycles. The van der Waals surface area contributed by atoms with E-state index in [1.165, 1.54) is 0 Å². The molecule has 0 saturated heterocycles. The molecule has 4 heteroatoms. The molecule has 0 bridgehead atoms. The summed E-state index contributed by atoms with van der Waals surface area (Å²) >= 11 is 0. The summed E-state index contributed by atoms with van der Waals surface area (Å²) in [6.07, 6.45) is 1.76. The van der Waals surface area contributed by atoms with Crippen LogP contribution in [0.1, 0.15) is 43.1 Å². The zero-order valence-electron chi connectivity index (χ0n) is 12.5. The van der Waals surface area contributed by atoms with Crippen molar-refractivity contribution >= 4 is 5.91 Å². The highest BCUT2D eigenvalue weighted by Gasteiger charge is 2.18. The minimum atomic E-state index is -0.0657. The lowest BCUT2D eigenvalue weighted by Gasteiger charge is -2.23. The number of nitrogens with one attached hydrogen (secondary N) is 1. The van der Waals surface area contributed by atoms with Crippen LogP contribution >= 0.6 is 0 Å². The standard InChI is InChI=1S/C16H24N2O2/c1-16(2,3)9-13(17)10-18-15(19)12-4-5-14-11(8-12)6-7-20-14/h4-5,8,13H,6-7,9-10,17H2,1-3H3,(H,18,19). The van der Waals surface area contributed by atoms with Gasteiger partial charge in [-0.2, -0.15) is 0 Å². The van der Waals surface area contributed by atoms with Crippen molar-refractivity contribution in [2.75, 3.05) is 13.2 Å². The molecular formula is C16H24N2O2. The van der Waals surface area contributed by atoms with E-state index in [-0.39, 0.29) is 17.4 Å². The average Bonchev–Trinajstić information content (AvgIpc) is 2.80. The van der Waals surface area contributed by atoms with E-state index >= 15 is 0 Å².